The highest BCUT2D eigenvalue weighted by Crippen LogP contribution is 2.16. The lowest BCUT2D eigenvalue weighted by Crippen LogP contribution is -2.47. The molecule has 104 valence electrons. The van der Waals surface area contributed by atoms with Crippen molar-refractivity contribution in [1.29, 1.82) is 0 Å². The molecule has 1 fully saturated rings. The molecule has 6 nitrogen and oxygen atoms in total. The number of aromatic carboxylic acids is 1. The molecule has 7 heteroatoms. The summed E-state index contributed by atoms with van der Waals surface area (Å²) in [5.41, 5.74) is -0.0769. The summed E-state index contributed by atoms with van der Waals surface area (Å²) in [5, 5.41) is 13.3. The minimum absolute atomic E-state index is 0.0769. The zero-order valence-electron chi connectivity index (χ0n) is 10.9. The first kappa shape index (κ1) is 14.0. The Kier molecular flexibility index (Phi) is 4.16. The lowest BCUT2D eigenvalue weighted by molar-refractivity contribution is 0.0691. The summed E-state index contributed by atoms with van der Waals surface area (Å²) < 4.78 is 0. The summed E-state index contributed by atoms with van der Waals surface area (Å²) >= 11 is 1.06. The van der Waals surface area contributed by atoms with Gasteiger partial charge in [0.25, 0.3) is 5.91 Å². The van der Waals surface area contributed by atoms with E-state index < -0.39 is 5.97 Å². The molecule has 0 radical (unpaired) electrons. The van der Waals surface area contributed by atoms with Crippen molar-refractivity contribution in [3.05, 3.63) is 16.1 Å². The molecule has 2 atom stereocenters. The minimum atomic E-state index is -1.11. The van der Waals surface area contributed by atoms with Crippen LogP contribution < -0.4 is 5.32 Å². The number of carboxylic acid groups (broad SMARTS) is 1. The molecule has 2 unspecified atom stereocenters. The van der Waals surface area contributed by atoms with Gasteiger partial charge in [-0.25, -0.2) is 9.78 Å². The van der Waals surface area contributed by atoms with Gasteiger partial charge < -0.3 is 15.3 Å². The number of rotatable bonds is 3. The van der Waals surface area contributed by atoms with E-state index in [0.29, 0.717) is 6.04 Å². The van der Waals surface area contributed by atoms with E-state index in [1.807, 2.05) is 0 Å². The molecule has 0 aliphatic carbocycles. The van der Waals surface area contributed by atoms with Crippen LogP contribution in [0.2, 0.25) is 0 Å². The lowest BCUT2D eigenvalue weighted by Gasteiger charge is -2.35. The van der Waals surface area contributed by atoms with E-state index in [1.165, 1.54) is 5.38 Å². The van der Waals surface area contributed by atoms with Gasteiger partial charge in [-0.2, -0.15) is 0 Å². The summed E-state index contributed by atoms with van der Waals surface area (Å²) in [5.74, 6) is -1.39. The second-order valence-electron chi connectivity index (χ2n) is 4.87. The summed E-state index contributed by atoms with van der Waals surface area (Å²) in [6.07, 6.45) is 1.81. The molecule has 2 rings (SSSR count). The van der Waals surface area contributed by atoms with E-state index in [1.54, 1.807) is 0 Å². The number of amides is 1. The van der Waals surface area contributed by atoms with Gasteiger partial charge in [-0.3, -0.25) is 4.79 Å². The third-order valence-electron chi connectivity index (χ3n) is 3.46. The molecule has 0 saturated carbocycles. The van der Waals surface area contributed by atoms with Crippen LogP contribution in [0.15, 0.2) is 5.38 Å². The third-order valence-corrected chi connectivity index (χ3v) is 4.30. The zero-order valence-corrected chi connectivity index (χ0v) is 11.7. The lowest BCUT2D eigenvalue weighted by atomic mass is 9.99. The Balaban J connectivity index is 1.95. The fourth-order valence-corrected chi connectivity index (χ4v) is 2.84. The van der Waals surface area contributed by atoms with Crippen LogP contribution in [0.5, 0.6) is 0 Å². The van der Waals surface area contributed by atoms with Crippen LogP contribution in [0.4, 0.5) is 0 Å². The SMILES string of the molecule is CC1CC(NC(=O)c2nc(C(=O)O)cs2)CCN1C. The first-order chi connectivity index (χ1) is 8.97. The van der Waals surface area contributed by atoms with E-state index in [4.69, 9.17) is 5.11 Å². The number of likely N-dealkylation sites (tertiary alicyclic amines) is 1. The van der Waals surface area contributed by atoms with Crippen molar-refractivity contribution >= 4 is 23.2 Å². The van der Waals surface area contributed by atoms with Crippen molar-refractivity contribution in [3.63, 3.8) is 0 Å². The summed E-state index contributed by atoms with van der Waals surface area (Å²) in [6, 6.07) is 0.570. The minimum Gasteiger partial charge on any atom is -0.476 e. The first-order valence-corrected chi connectivity index (χ1v) is 7.05. The molecule has 2 heterocycles. The molecule has 1 aromatic heterocycles. The Labute approximate surface area is 115 Å². The normalized spacial score (nSPS) is 24.1. The number of piperidine rings is 1. The topological polar surface area (TPSA) is 82.5 Å². The van der Waals surface area contributed by atoms with E-state index in [0.717, 1.165) is 30.7 Å². The summed E-state index contributed by atoms with van der Waals surface area (Å²) in [4.78, 5) is 28.7. The number of nitrogens with zero attached hydrogens (tertiary/aromatic N) is 2. The van der Waals surface area contributed by atoms with Crippen molar-refractivity contribution in [2.45, 2.75) is 31.8 Å². The second-order valence-corrected chi connectivity index (χ2v) is 5.73. The van der Waals surface area contributed by atoms with Gasteiger partial charge in [-0.15, -0.1) is 11.3 Å². The van der Waals surface area contributed by atoms with E-state index >= 15 is 0 Å². The predicted octanol–water partition coefficient (Wildman–Crippen LogP) is 1.05. The molecule has 1 amide bonds. The average molecular weight is 283 g/mol. The smallest absolute Gasteiger partial charge is 0.355 e. The number of carboxylic acids is 1. The van der Waals surface area contributed by atoms with Gasteiger partial charge in [0.1, 0.15) is 0 Å². The van der Waals surface area contributed by atoms with Gasteiger partial charge in [-0.05, 0) is 26.8 Å². The van der Waals surface area contributed by atoms with Crippen LogP contribution in [0.1, 0.15) is 40.1 Å². The van der Waals surface area contributed by atoms with Crippen molar-refractivity contribution in [1.82, 2.24) is 15.2 Å². The number of carbonyl (C=O) groups is 2. The monoisotopic (exact) mass is 283 g/mol. The number of nitrogens with one attached hydrogen (secondary N) is 1. The Morgan fingerprint density at radius 1 is 1.58 bits per heavy atom. The Morgan fingerprint density at radius 3 is 2.89 bits per heavy atom. The number of aromatic nitrogens is 1. The highest BCUT2D eigenvalue weighted by atomic mass is 32.1. The van der Waals surface area contributed by atoms with Crippen LogP contribution in [0, 0.1) is 0 Å². The van der Waals surface area contributed by atoms with Gasteiger partial charge >= 0.3 is 5.97 Å². The summed E-state index contributed by atoms with van der Waals surface area (Å²) in [7, 11) is 2.07. The van der Waals surface area contributed by atoms with Gasteiger partial charge in [0.15, 0.2) is 10.7 Å². The summed E-state index contributed by atoms with van der Waals surface area (Å²) in [6.45, 7) is 3.08. The van der Waals surface area contributed by atoms with Crippen LogP contribution in [-0.4, -0.2) is 52.5 Å². The second kappa shape index (κ2) is 5.66. The number of hydrogen-bond donors (Lipinski definition) is 2. The van der Waals surface area contributed by atoms with Gasteiger partial charge in [0, 0.05) is 24.0 Å². The fourth-order valence-electron chi connectivity index (χ4n) is 2.14. The Morgan fingerprint density at radius 2 is 2.32 bits per heavy atom. The number of carbonyl (C=O) groups excluding carboxylic acids is 1. The molecular formula is C12H17N3O3S. The van der Waals surface area contributed by atoms with Gasteiger partial charge in [0.05, 0.1) is 0 Å². The fraction of sp³-hybridized carbons (Fsp3) is 0.583. The zero-order chi connectivity index (χ0) is 14.0. The number of thiazole rings is 1. The predicted molar refractivity (Wildman–Crippen MR) is 71.7 cm³/mol. The molecular weight excluding hydrogens is 266 g/mol. The largest absolute Gasteiger partial charge is 0.476 e. The molecule has 0 aromatic carbocycles. The molecule has 0 bridgehead atoms. The van der Waals surface area contributed by atoms with E-state index in [-0.39, 0.29) is 22.7 Å². The van der Waals surface area contributed by atoms with Crippen molar-refractivity contribution in [3.8, 4) is 0 Å². The molecule has 1 aliphatic rings. The Bertz CT molecular complexity index is 488. The maximum absolute atomic E-state index is 12.0. The number of hydrogen-bond acceptors (Lipinski definition) is 5. The molecule has 1 saturated heterocycles. The van der Waals surface area contributed by atoms with E-state index in [9.17, 15) is 9.59 Å². The molecule has 1 aliphatic heterocycles. The molecule has 1 aromatic rings. The van der Waals surface area contributed by atoms with Crippen molar-refractivity contribution in [2.75, 3.05) is 13.6 Å². The Hall–Kier alpha value is -1.47. The standard InChI is InChI=1S/C12H17N3O3S/c1-7-5-8(3-4-15(7)2)13-10(16)11-14-9(6-19-11)12(17)18/h6-8H,3-5H2,1-2H3,(H,13,16)(H,17,18). The highest BCUT2D eigenvalue weighted by molar-refractivity contribution is 7.11. The van der Waals surface area contributed by atoms with Crippen molar-refractivity contribution < 1.29 is 14.7 Å². The maximum atomic E-state index is 12.0. The molecule has 0 spiro atoms. The quantitative estimate of drug-likeness (QED) is 0.866. The van der Waals surface area contributed by atoms with Crippen LogP contribution in [0.25, 0.3) is 0 Å². The maximum Gasteiger partial charge on any atom is 0.355 e. The van der Waals surface area contributed by atoms with Crippen LogP contribution in [0.3, 0.4) is 0 Å². The first-order valence-electron chi connectivity index (χ1n) is 6.17. The molecule has 19 heavy (non-hydrogen) atoms. The van der Waals surface area contributed by atoms with Gasteiger partial charge in [0.2, 0.25) is 0 Å². The third kappa shape index (κ3) is 3.30. The van der Waals surface area contributed by atoms with Crippen LogP contribution in [-0.2, 0) is 0 Å². The average Bonchev–Trinajstić information content (AvgIpc) is 2.83. The van der Waals surface area contributed by atoms with Crippen LogP contribution >= 0.6 is 11.3 Å². The molecule has 2 N–H and O–H groups in total. The van der Waals surface area contributed by atoms with E-state index in [2.05, 4.69) is 29.2 Å². The van der Waals surface area contributed by atoms with Crippen molar-refractivity contribution in [2.24, 2.45) is 0 Å². The van der Waals surface area contributed by atoms with Gasteiger partial charge in [-0.1, -0.05) is 0 Å². The highest BCUT2D eigenvalue weighted by Gasteiger charge is 2.25.